The monoisotopic (exact) mass is 380 g/mol. The van der Waals surface area contributed by atoms with Crippen molar-refractivity contribution >= 4 is 22.4 Å². The number of fused-ring (bicyclic) bond motifs is 1. The zero-order chi connectivity index (χ0) is 19.9. The molecule has 0 fully saturated rings. The second-order valence-electron chi connectivity index (χ2n) is 6.43. The zero-order valence-electron chi connectivity index (χ0n) is 16.1. The summed E-state index contributed by atoms with van der Waals surface area (Å²) >= 11 is 0. The Morgan fingerprint density at radius 1 is 1.04 bits per heavy atom. The lowest BCUT2D eigenvalue weighted by Crippen LogP contribution is -2.22. The molecule has 0 spiro atoms. The number of rotatable bonds is 8. The number of pyridine rings is 1. The van der Waals surface area contributed by atoms with Gasteiger partial charge in [0.2, 0.25) is 5.91 Å². The molecule has 1 heterocycles. The van der Waals surface area contributed by atoms with E-state index in [-0.39, 0.29) is 11.5 Å². The number of benzene rings is 2. The molecule has 3 aromatic rings. The molecule has 6 heteroatoms. The summed E-state index contributed by atoms with van der Waals surface area (Å²) in [6, 6.07) is 14.9. The van der Waals surface area contributed by atoms with Gasteiger partial charge in [0.15, 0.2) is 0 Å². The first-order valence-corrected chi connectivity index (χ1v) is 9.17. The zero-order valence-corrected chi connectivity index (χ0v) is 16.1. The molecule has 3 rings (SSSR count). The molecule has 0 aliphatic carbocycles. The van der Waals surface area contributed by atoms with Crippen molar-refractivity contribution < 1.29 is 14.3 Å². The Labute approximate surface area is 163 Å². The summed E-state index contributed by atoms with van der Waals surface area (Å²) in [5.74, 6) is 0.666. The second-order valence-corrected chi connectivity index (χ2v) is 6.43. The maximum Gasteiger partial charge on any atom is 0.258 e. The SMILES string of the molecule is COCCn1ccc2c(NC(=O)CCc3ccccc3OC)cccc2c1=O. The smallest absolute Gasteiger partial charge is 0.258 e. The number of para-hydroxylation sites is 1. The lowest BCUT2D eigenvalue weighted by Gasteiger charge is -2.12. The molecule has 0 aliphatic rings. The highest BCUT2D eigenvalue weighted by atomic mass is 16.5. The van der Waals surface area contributed by atoms with Gasteiger partial charge in [0, 0.05) is 42.7 Å². The molecular formula is C22H24N2O4. The summed E-state index contributed by atoms with van der Waals surface area (Å²) in [5, 5.41) is 4.23. The number of amides is 1. The van der Waals surface area contributed by atoms with Crippen molar-refractivity contribution in [3.05, 3.63) is 70.6 Å². The van der Waals surface area contributed by atoms with Crippen LogP contribution in [-0.4, -0.2) is 31.3 Å². The van der Waals surface area contributed by atoms with Crippen LogP contribution in [0.3, 0.4) is 0 Å². The molecule has 0 unspecified atom stereocenters. The van der Waals surface area contributed by atoms with Crippen molar-refractivity contribution in [1.29, 1.82) is 0 Å². The van der Waals surface area contributed by atoms with Gasteiger partial charge in [0.05, 0.1) is 13.7 Å². The minimum atomic E-state index is -0.109. The van der Waals surface area contributed by atoms with E-state index in [2.05, 4.69) is 5.32 Å². The van der Waals surface area contributed by atoms with Gasteiger partial charge >= 0.3 is 0 Å². The summed E-state index contributed by atoms with van der Waals surface area (Å²) in [6.07, 6.45) is 2.63. The molecule has 1 aromatic heterocycles. The van der Waals surface area contributed by atoms with E-state index < -0.39 is 0 Å². The van der Waals surface area contributed by atoms with E-state index >= 15 is 0 Å². The van der Waals surface area contributed by atoms with Crippen LogP contribution < -0.4 is 15.6 Å². The molecule has 0 aliphatic heterocycles. The number of hydrogen-bond acceptors (Lipinski definition) is 4. The fraction of sp³-hybridized carbons (Fsp3) is 0.273. The number of aryl methyl sites for hydroxylation is 1. The molecular weight excluding hydrogens is 356 g/mol. The molecule has 0 atom stereocenters. The number of carbonyl (C=O) groups is 1. The van der Waals surface area contributed by atoms with Crippen LogP contribution in [0.1, 0.15) is 12.0 Å². The molecule has 1 N–H and O–H groups in total. The van der Waals surface area contributed by atoms with Crippen LogP contribution in [-0.2, 0) is 22.5 Å². The average molecular weight is 380 g/mol. The summed E-state index contributed by atoms with van der Waals surface area (Å²) in [6.45, 7) is 0.950. The van der Waals surface area contributed by atoms with E-state index in [0.717, 1.165) is 16.7 Å². The first-order valence-electron chi connectivity index (χ1n) is 9.17. The van der Waals surface area contributed by atoms with Crippen LogP contribution in [0.25, 0.3) is 10.8 Å². The average Bonchev–Trinajstić information content (AvgIpc) is 2.72. The van der Waals surface area contributed by atoms with Crippen molar-refractivity contribution in [3.63, 3.8) is 0 Å². The van der Waals surface area contributed by atoms with Gasteiger partial charge in [-0.25, -0.2) is 0 Å². The lowest BCUT2D eigenvalue weighted by atomic mass is 10.1. The first-order chi connectivity index (χ1) is 13.6. The van der Waals surface area contributed by atoms with Crippen molar-refractivity contribution in [2.24, 2.45) is 0 Å². The Morgan fingerprint density at radius 3 is 2.64 bits per heavy atom. The highest BCUT2D eigenvalue weighted by Crippen LogP contribution is 2.22. The largest absolute Gasteiger partial charge is 0.496 e. The van der Waals surface area contributed by atoms with Gasteiger partial charge in [-0.05, 0) is 36.2 Å². The van der Waals surface area contributed by atoms with Crippen LogP contribution in [0.4, 0.5) is 5.69 Å². The third kappa shape index (κ3) is 4.40. The standard InChI is InChI=1S/C22H24N2O4/c1-27-15-14-24-13-12-17-18(22(24)26)7-5-8-19(17)23-21(25)11-10-16-6-3-4-9-20(16)28-2/h3-9,12-13H,10-11,14-15H2,1-2H3,(H,23,25). The summed E-state index contributed by atoms with van der Waals surface area (Å²) in [5.41, 5.74) is 1.53. The summed E-state index contributed by atoms with van der Waals surface area (Å²) in [7, 11) is 3.22. The number of hydrogen-bond donors (Lipinski definition) is 1. The minimum absolute atomic E-state index is 0.0975. The van der Waals surface area contributed by atoms with Crippen molar-refractivity contribution in [2.45, 2.75) is 19.4 Å². The predicted octanol–water partition coefficient (Wildman–Crippen LogP) is 3.23. The van der Waals surface area contributed by atoms with Gasteiger partial charge in [-0.15, -0.1) is 0 Å². The van der Waals surface area contributed by atoms with E-state index in [1.807, 2.05) is 36.4 Å². The molecule has 6 nitrogen and oxygen atoms in total. The molecule has 146 valence electrons. The minimum Gasteiger partial charge on any atom is -0.496 e. The number of anilines is 1. The Balaban J connectivity index is 1.75. The van der Waals surface area contributed by atoms with E-state index in [4.69, 9.17) is 9.47 Å². The summed E-state index contributed by atoms with van der Waals surface area (Å²) in [4.78, 5) is 25.1. The highest BCUT2D eigenvalue weighted by molar-refractivity contribution is 6.01. The maximum atomic E-state index is 12.6. The molecule has 0 bridgehead atoms. The van der Waals surface area contributed by atoms with Crippen LogP contribution in [0.15, 0.2) is 59.5 Å². The quantitative estimate of drug-likeness (QED) is 0.651. The number of ether oxygens (including phenoxy) is 2. The Morgan fingerprint density at radius 2 is 1.86 bits per heavy atom. The van der Waals surface area contributed by atoms with Gasteiger partial charge in [0.25, 0.3) is 5.56 Å². The molecule has 28 heavy (non-hydrogen) atoms. The number of carbonyl (C=O) groups excluding carboxylic acids is 1. The molecule has 0 saturated heterocycles. The van der Waals surface area contributed by atoms with Gasteiger partial charge in [0.1, 0.15) is 5.75 Å². The van der Waals surface area contributed by atoms with Gasteiger partial charge < -0.3 is 19.4 Å². The van der Waals surface area contributed by atoms with Crippen LogP contribution >= 0.6 is 0 Å². The Hall–Kier alpha value is -3.12. The van der Waals surface area contributed by atoms with E-state index in [9.17, 15) is 9.59 Å². The van der Waals surface area contributed by atoms with Crippen molar-refractivity contribution in [3.8, 4) is 5.75 Å². The Bertz CT molecular complexity index is 1030. The van der Waals surface area contributed by atoms with E-state index in [1.54, 1.807) is 37.1 Å². The molecule has 2 aromatic carbocycles. The third-order valence-corrected chi connectivity index (χ3v) is 4.64. The van der Waals surface area contributed by atoms with E-state index in [1.165, 1.54) is 0 Å². The third-order valence-electron chi connectivity index (χ3n) is 4.64. The van der Waals surface area contributed by atoms with Gasteiger partial charge in [-0.1, -0.05) is 24.3 Å². The predicted molar refractivity (Wildman–Crippen MR) is 110 cm³/mol. The highest BCUT2D eigenvalue weighted by Gasteiger charge is 2.10. The topological polar surface area (TPSA) is 69.6 Å². The second kappa shape index (κ2) is 9.19. The first kappa shape index (κ1) is 19.6. The van der Waals surface area contributed by atoms with Crippen LogP contribution in [0, 0.1) is 0 Å². The lowest BCUT2D eigenvalue weighted by molar-refractivity contribution is -0.116. The van der Waals surface area contributed by atoms with Gasteiger partial charge in [-0.3, -0.25) is 9.59 Å². The van der Waals surface area contributed by atoms with Crippen molar-refractivity contribution in [2.75, 3.05) is 26.1 Å². The number of methoxy groups -OCH3 is 2. The molecule has 0 saturated carbocycles. The number of nitrogens with zero attached hydrogens (tertiary/aromatic N) is 1. The number of nitrogens with one attached hydrogen (secondary N) is 1. The summed E-state index contributed by atoms with van der Waals surface area (Å²) < 4.78 is 12.0. The van der Waals surface area contributed by atoms with Crippen LogP contribution in [0.5, 0.6) is 5.75 Å². The maximum absolute atomic E-state index is 12.6. The molecule has 0 radical (unpaired) electrons. The Kier molecular flexibility index (Phi) is 6.45. The fourth-order valence-electron chi connectivity index (χ4n) is 3.16. The fourth-order valence-corrected chi connectivity index (χ4v) is 3.16. The normalized spacial score (nSPS) is 10.8. The van der Waals surface area contributed by atoms with E-state index in [0.29, 0.717) is 37.1 Å². The van der Waals surface area contributed by atoms with Crippen LogP contribution in [0.2, 0.25) is 0 Å². The van der Waals surface area contributed by atoms with Crippen molar-refractivity contribution in [1.82, 2.24) is 4.57 Å². The molecule has 1 amide bonds. The number of aromatic nitrogens is 1. The van der Waals surface area contributed by atoms with Gasteiger partial charge in [-0.2, -0.15) is 0 Å².